The van der Waals surface area contributed by atoms with Crippen LogP contribution in [-0.4, -0.2) is 0 Å². The first-order chi connectivity index (χ1) is 25.3. The van der Waals surface area contributed by atoms with Gasteiger partial charge in [-0.05, 0) is 110 Å². The van der Waals surface area contributed by atoms with Gasteiger partial charge in [0, 0.05) is 17.1 Å². The second-order valence-electron chi connectivity index (χ2n) is 13.5. The molecule has 0 fully saturated rings. The summed E-state index contributed by atoms with van der Waals surface area (Å²) < 4.78 is 0. The van der Waals surface area contributed by atoms with Gasteiger partial charge in [-0.1, -0.05) is 179 Å². The standard InChI is InChI=1S/C29H27N.C22H20/c1-22-4-10-25(11-5-22)12-13-26-14-20-29(21-15-26)30(27-16-6-23(2)7-17-27)28-18-8-24(3)9-19-28;1-17-8-12-19(13-9-17)16-22(20-6-4-3-5-7-20)21-14-10-18(2)11-15-21/h4-21H,1-3H3;3-16H,1-2H3/b13-12+;22-16+. The molecule has 0 aliphatic carbocycles. The van der Waals surface area contributed by atoms with Crippen LogP contribution in [0.5, 0.6) is 0 Å². The molecule has 0 saturated carbocycles. The lowest BCUT2D eigenvalue weighted by Crippen LogP contribution is -2.09. The Morgan fingerprint density at radius 1 is 0.327 bits per heavy atom. The Balaban J connectivity index is 0.000000187. The SMILES string of the molecule is Cc1ccc(/C=C(\c2ccccc2)c2ccc(C)cc2)cc1.Cc1ccc(/C=C/c2ccc(N(c3ccc(C)cc3)c3ccc(C)cc3)cc2)cc1. The third-order valence-electron chi connectivity index (χ3n) is 9.12. The fourth-order valence-corrected chi connectivity index (χ4v) is 5.95. The molecular weight excluding hydrogens is 627 g/mol. The summed E-state index contributed by atoms with van der Waals surface area (Å²) in [6, 6.07) is 62.6. The normalized spacial score (nSPS) is 11.2. The number of anilines is 3. The number of benzene rings is 7. The molecule has 0 bridgehead atoms. The Labute approximate surface area is 310 Å². The van der Waals surface area contributed by atoms with E-state index in [2.05, 4.69) is 234 Å². The first kappa shape index (κ1) is 35.6. The molecule has 1 heteroatoms. The van der Waals surface area contributed by atoms with Gasteiger partial charge in [0.25, 0.3) is 0 Å². The number of nitrogens with zero attached hydrogens (tertiary/aromatic N) is 1. The third-order valence-corrected chi connectivity index (χ3v) is 9.12. The zero-order chi connectivity index (χ0) is 36.3. The molecule has 0 unspecified atom stereocenters. The summed E-state index contributed by atoms with van der Waals surface area (Å²) >= 11 is 0. The zero-order valence-corrected chi connectivity index (χ0v) is 30.9. The van der Waals surface area contributed by atoms with E-state index in [1.54, 1.807) is 0 Å². The van der Waals surface area contributed by atoms with Crippen LogP contribution in [0.4, 0.5) is 17.1 Å². The Kier molecular flexibility index (Phi) is 11.8. The second-order valence-corrected chi connectivity index (χ2v) is 13.5. The summed E-state index contributed by atoms with van der Waals surface area (Å²) in [4.78, 5) is 2.30. The number of hydrogen-bond acceptors (Lipinski definition) is 1. The van der Waals surface area contributed by atoms with Crippen LogP contribution in [0, 0.1) is 34.6 Å². The molecule has 0 spiro atoms. The Morgan fingerprint density at radius 3 is 1.06 bits per heavy atom. The van der Waals surface area contributed by atoms with Gasteiger partial charge in [0.15, 0.2) is 0 Å². The molecule has 7 rings (SSSR count). The van der Waals surface area contributed by atoms with Gasteiger partial charge < -0.3 is 4.90 Å². The third kappa shape index (κ3) is 9.74. The van der Waals surface area contributed by atoms with Crippen LogP contribution in [-0.2, 0) is 0 Å². The van der Waals surface area contributed by atoms with Crippen LogP contribution in [0.25, 0.3) is 23.8 Å². The number of hydrogen-bond donors (Lipinski definition) is 0. The van der Waals surface area contributed by atoms with Crippen molar-refractivity contribution in [1.82, 2.24) is 0 Å². The lowest BCUT2D eigenvalue weighted by Gasteiger charge is -2.25. The summed E-state index contributed by atoms with van der Waals surface area (Å²) in [6.45, 7) is 10.6. The zero-order valence-electron chi connectivity index (χ0n) is 30.9. The van der Waals surface area contributed by atoms with Crippen LogP contribution in [0.3, 0.4) is 0 Å². The molecule has 0 aromatic heterocycles. The van der Waals surface area contributed by atoms with Crippen LogP contribution >= 0.6 is 0 Å². The summed E-state index contributed by atoms with van der Waals surface area (Å²) in [5.41, 5.74) is 17.2. The Bertz CT molecular complexity index is 2160. The lowest BCUT2D eigenvalue weighted by molar-refractivity contribution is 1.27. The van der Waals surface area contributed by atoms with Gasteiger partial charge in [-0.3, -0.25) is 0 Å². The number of aryl methyl sites for hydroxylation is 5. The minimum atomic E-state index is 1.15. The van der Waals surface area contributed by atoms with Gasteiger partial charge >= 0.3 is 0 Å². The Morgan fingerprint density at radius 2 is 0.635 bits per heavy atom. The fourth-order valence-electron chi connectivity index (χ4n) is 5.95. The molecule has 0 N–H and O–H groups in total. The van der Waals surface area contributed by atoms with E-state index < -0.39 is 0 Å². The average molecular weight is 674 g/mol. The summed E-state index contributed by atoms with van der Waals surface area (Å²) in [7, 11) is 0. The quantitative estimate of drug-likeness (QED) is 0.145. The van der Waals surface area contributed by atoms with E-state index in [0.29, 0.717) is 0 Å². The first-order valence-corrected chi connectivity index (χ1v) is 18.0. The van der Waals surface area contributed by atoms with E-state index in [-0.39, 0.29) is 0 Å². The second kappa shape index (κ2) is 17.2. The largest absolute Gasteiger partial charge is 0.311 e. The monoisotopic (exact) mass is 673 g/mol. The van der Waals surface area contributed by atoms with E-state index >= 15 is 0 Å². The maximum atomic E-state index is 2.30. The van der Waals surface area contributed by atoms with E-state index in [0.717, 1.165) is 17.1 Å². The smallest absolute Gasteiger partial charge is 0.0462 e. The molecule has 0 aliphatic rings. The van der Waals surface area contributed by atoms with Crippen molar-refractivity contribution in [3.05, 3.63) is 232 Å². The van der Waals surface area contributed by atoms with Crippen molar-refractivity contribution in [3.8, 4) is 0 Å². The molecule has 0 saturated heterocycles. The highest BCUT2D eigenvalue weighted by Gasteiger charge is 2.12. The predicted molar refractivity (Wildman–Crippen MR) is 226 cm³/mol. The van der Waals surface area contributed by atoms with Crippen molar-refractivity contribution >= 4 is 40.9 Å². The van der Waals surface area contributed by atoms with Gasteiger partial charge in [-0.15, -0.1) is 0 Å². The van der Waals surface area contributed by atoms with E-state index in [1.165, 1.54) is 61.2 Å². The topological polar surface area (TPSA) is 3.24 Å². The van der Waals surface area contributed by atoms with Gasteiger partial charge in [-0.2, -0.15) is 0 Å². The van der Waals surface area contributed by atoms with Crippen LogP contribution in [0.15, 0.2) is 176 Å². The highest BCUT2D eigenvalue weighted by molar-refractivity contribution is 5.91. The molecule has 7 aromatic rings. The van der Waals surface area contributed by atoms with Gasteiger partial charge in [0.2, 0.25) is 0 Å². The Hall–Kier alpha value is -6.18. The molecule has 0 aliphatic heterocycles. The maximum Gasteiger partial charge on any atom is 0.0462 e. The summed E-state index contributed by atoms with van der Waals surface area (Å²) in [5.74, 6) is 0. The minimum absolute atomic E-state index is 1.15. The highest BCUT2D eigenvalue weighted by atomic mass is 15.1. The fraction of sp³-hybridized carbons (Fsp3) is 0.0980. The van der Waals surface area contributed by atoms with Crippen molar-refractivity contribution < 1.29 is 0 Å². The molecule has 0 amide bonds. The van der Waals surface area contributed by atoms with E-state index in [9.17, 15) is 0 Å². The molecule has 0 atom stereocenters. The number of rotatable bonds is 8. The lowest BCUT2D eigenvalue weighted by atomic mass is 9.95. The van der Waals surface area contributed by atoms with Gasteiger partial charge in [-0.25, -0.2) is 0 Å². The van der Waals surface area contributed by atoms with Crippen molar-refractivity contribution in [1.29, 1.82) is 0 Å². The summed E-state index contributed by atoms with van der Waals surface area (Å²) in [5, 5.41) is 0. The first-order valence-electron chi connectivity index (χ1n) is 18.0. The van der Waals surface area contributed by atoms with Crippen molar-refractivity contribution in [2.45, 2.75) is 34.6 Å². The molecule has 7 aromatic carbocycles. The summed E-state index contributed by atoms with van der Waals surface area (Å²) in [6.07, 6.45) is 6.59. The van der Waals surface area contributed by atoms with Crippen molar-refractivity contribution in [2.24, 2.45) is 0 Å². The van der Waals surface area contributed by atoms with E-state index in [1.807, 2.05) is 0 Å². The van der Waals surface area contributed by atoms with Crippen LogP contribution < -0.4 is 4.90 Å². The molecular formula is C51H47N. The minimum Gasteiger partial charge on any atom is -0.311 e. The molecule has 0 radical (unpaired) electrons. The molecule has 52 heavy (non-hydrogen) atoms. The molecule has 1 nitrogen and oxygen atoms in total. The van der Waals surface area contributed by atoms with Gasteiger partial charge in [0.1, 0.15) is 0 Å². The van der Waals surface area contributed by atoms with Crippen molar-refractivity contribution in [3.63, 3.8) is 0 Å². The molecule has 256 valence electrons. The maximum absolute atomic E-state index is 2.30. The molecule has 0 heterocycles. The van der Waals surface area contributed by atoms with Crippen LogP contribution in [0.1, 0.15) is 55.6 Å². The highest BCUT2D eigenvalue weighted by Crippen LogP contribution is 2.35. The van der Waals surface area contributed by atoms with Crippen molar-refractivity contribution in [2.75, 3.05) is 4.90 Å². The van der Waals surface area contributed by atoms with Gasteiger partial charge in [0.05, 0.1) is 0 Å². The average Bonchev–Trinajstić information content (AvgIpc) is 3.17. The van der Waals surface area contributed by atoms with E-state index in [4.69, 9.17) is 0 Å². The van der Waals surface area contributed by atoms with Crippen LogP contribution in [0.2, 0.25) is 0 Å². The predicted octanol–water partition coefficient (Wildman–Crippen LogP) is 14.1.